The van der Waals surface area contributed by atoms with E-state index in [0.29, 0.717) is 24.0 Å². The number of hydrogen-bond donors (Lipinski definition) is 4. The molecule has 0 spiro atoms. The number of amides is 3. The molecule has 1 atom stereocenters. The molecule has 10 nitrogen and oxygen atoms in total. The number of primary amides is 1. The summed E-state index contributed by atoms with van der Waals surface area (Å²) in [7, 11) is 0. The molecule has 2 aromatic heterocycles. The molecule has 0 aliphatic heterocycles. The van der Waals surface area contributed by atoms with Gasteiger partial charge in [-0.3, -0.25) is 19.3 Å². The summed E-state index contributed by atoms with van der Waals surface area (Å²) in [6.45, 7) is 4.45. The predicted octanol–water partition coefficient (Wildman–Crippen LogP) is 2.67. The minimum atomic E-state index is -1.22. The van der Waals surface area contributed by atoms with Gasteiger partial charge in [-0.1, -0.05) is 19.9 Å². The maximum absolute atomic E-state index is 13.7. The largest absolute Gasteiger partial charge is 0.508 e. The lowest BCUT2D eigenvalue weighted by Crippen LogP contribution is -2.44. The fourth-order valence-corrected chi connectivity index (χ4v) is 3.91. The quantitative estimate of drug-likeness (QED) is 0.372. The SMILES string of the molecule is CC(C)CCNC(=O)C(c1ccco1)N(C(=O)c1snc(C(N)=O)c1N)c1cccc(O)c1. The van der Waals surface area contributed by atoms with Crippen LogP contribution in [0, 0.1) is 5.92 Å². The van der Waals surface area contributed by atoms with Gasteiger partial charge in [-0.15, -0.1) is 0 Å². The number of phenolic OH excluding ortho intramolecular Hbond substituents is 1. The molecule has 3 aromatic rings. The van der Waals surface area contributed by atoms with E-state index in [1.807, 2.05) is 13.8 Å². The fourth-order valence-electron chi connectivity index (χ4n) is 3.17. The lowest BCUT2D eigenvalue weighted by Gasteiger charge is -2.29. The molecule has 3 rings (SSSR count). The summed E-state index contributed by atoms with van der Waals surface area (Å²) in [5.41, 5.74) is 11.1. The predicted molar refractivity (Wildman–Crippen MR) is 124 cm³/mol. The van der Waals surface area contributed by atoms with Crippen LogP contribution in [-0.2, 0) is 4.79 Å². The highest BCUT2D eigenvalue weighted by Crippen LogP contribution is 2.34. The van der Waals surface area contributed by atoms with Crippen LogP contribution < -0.4 is 21.7 Å². The monoisotopic (exact) mass is 471 g/mol. The first-order chi connectivity index (χ1) is 15.7. The van der Waals surface area contributed by atoms with E-state index in [-0.39, 0.29) is 33.5 Å². The number of nitrogens with zero attached hydrogens (tertiary/aromatic N) is 2. The third-order valence-electron chi connectivity index (χ3n) is 4.82. The van der Waals surface area contributed by atoms with E-state index in [4.69, 9.17) is 15.9 Å². The summed E-state index contributed by atoms with van der Waals surface area (Å²) < 4.78 is 9.39. The number of aromatic nitrogens is 1. The van der Waals surface area contributed by atoms with E-state index in [9.17, 15) is 19.5 Å². The maximum atomic E-state index is 13.7. The number of carbonyl (C=O) groups is 3. The summed E-state index contributed by atoms with van der Waals surface area (Å²) in [6.07, 6.45) is 2.13. The number of benzene rings is 1. The number of hydrogen-bond acceptors (Lipinski definition) is 8. The van der Waals surface area contributed by atoms with Gasteiger partial charge >= 0.3 is 0 Å². The van der Waals surface area contributed by atoms with Gasteiger partial charge in [0.25, 0.3) is 17.7 Å². The number of phenols is 1. The van der Waals surface area contributed by atoms with Crippen molar-refractivity contribution in [2.75, 3.05) is 17.2 Å². The van der Waals surface area contributed by atoms with Gasteiger partial charge in [0.1, 0.15) is 16.4 Å². The first-order valence-corrected chi connectivity index (χ1v) is 11.0. The highest BCUT2D eigenvalue weighted by Gasteiger charge is 2.37. The van der Waals surface area contributed by atoms with Crippen molar-refractivity contribution < 1.29 is 23.9 Å². The lowest BCUT2D eigenvalue weighted by molar-refractivity contribution is -0.122. The average Bonchev–Trinajstić information content (AvgIpc) is 3.40. The molecule has 0 fully saturated rings. The number of rotatable bonds is 9. The number of nitrogens with two attached hydrogens (primary N) is 2. The zero-order chi connectivity index (χ0) is 24.1. The van der Waals surface area contributed by atoms with Gasteiger partial charge in [-0.05, 0) is 48.1 Å². The van der Waals surface area contributed by atoms with Crippen LogP contribution in [0.3, 0.4) is 0 Å². The van der Waals surface area contributed by atoms with Crippen molar-refractivity contribution >= 4 is 40.6 Å². The number of furan rings is 1. The minimum Gasteiger partial charge on any atom is -0.508 e. The summed E-state index contributed by atoms with van der Waals surface area (Å²) in [4.78, 5) is 39.7. The van der Waals surface area contributed by atoms with E-state index < -0.39 is 23.8 Å². The van der Waals surface area contributed by atoms with Crippen molar-refractivity contribution in [1.29, 1.82) is 0 Å². The normalized spacial score (nSPS) is 11.8. The van der Waals surface area contributed by atoms with E-state index in [2.05, 4.69) is 9.69 Å². The Morgan fingerprint density at radius 1 is 1.24 bits per heavy atom. The van der Waals surface area contributed by atoms with E-state index >= 15 is 0 Å². The van der Waals surface area contributed by atoms with Crippen LogP contribution in [0.2, 0.25) is 0 Å². The van der Waals surface area contributed by atoms with Crippen LogP contribution in [-0.4, -0.2) is 33.7 Å². The second kappa shape index (κ2) is 10.2. The standard InChI is InChI=1S/C22H25N5O5S/c1-12(2)8-9-25-21(30)18(15-7-4-10-32-15)27(13-5-3-6-14(28)11-13)22(31)19-16(23)17(20(24)29)26-33-19/h3-7,10-12,18,28H,8-9,23H2,1-2H3,(H2,24,29)(H,25,30). The molecule has 174 valence electrons. The minimum absolute atomic E-state index is 0.0707. The van der Waals surface area contributed by atoms with Crippen molar-refractivity contribution in [2.45, 2.75) is 26.3 Å². The highest BCUT2D eigenvalue weighted by molar-refractivity contribution is 7.09. The Bertz CT molecular complexity index is 1140. The molecule has 0 aliphatic carbocycles. The zero-order valence-electron chi connectivity index (χ0n) is 18.1. The number of carbonyl (C=O) groups excluding carboxylic acids is 3. The molecule has 0 saturated heterocycles. The summed E-state index contributed by atoms with van der Waals surface area (Å²) in [6, 6.07) is 7.80. The number of nitrogens with one attached hydrogen (secondary N) is 1. The Kier molecular flexibility index (Phi) is 7.34. The smallest absolute Gasteiger partial charge is 0.273 e. The topological polar surface area (TPSA) is 165 Å². The zero-order valence-corrected chi connectivity index (χ0v) is 19.0. The molecule has 2 heterocycles. The van der Waals surface area contributed by atoms with Gasteiger partial charge in [-0.25, -0.2) is 0 Å². The Balaban J connectivity index is 2.10. The van der Waals surface area contributed by atoms with Crippen LogP contribution >= 0.6 is 11.5 Å². The molecule has 3 amide bonds. The van der Waals surface area contributed by atoms with Gasteiger partial charge in [0.2, 0.25) is 0 Å². The van der Waals surface area contributed by atoms with Crippen molar-refractivity contribution in [1.82, 2.24) is 9.69 Å². The molecule has 6 N–H and O–H groups in total. The van der Waals surface area contributed by atoms with Gasteiger partial charge in [0.15, 0.2) is 11.7 Å². The summed E-state index contributed by atoms with van der Waals surface area (Å²) in [5.74, 6) is -1.61. The molecule has 11 heteroatoms. The van der Waals surface area contributed by atoms with Crippen LogP contribution in [0.5, 0.6) is 5.75 Å². The number of nitrogen functional groups attached to an aromatic ring is 1. The molecule has 0 bridgehead atoms. The highest BCUT2D eigenvalue weighted by atomic mass is 32.1. The molecule has 1 aromatic carbocycles. The van der Waals surface area contributed by atoms with Crippen LogP contribution in [0.15, 0.2) is 47.1 Å². The van der Waals surface area contributed by atoms with Crippen LogP contribution in [0.1, 0.15) is 52.2 Å². The Morgan fingerprint density at radius 2 is 2.00 bits per heavy atom. The Hall–Kier alpha value is -3.86. The first kappa shape index (κ1) is 23.8. The van der Waals surface area contributed by atoms with Crippen molar-refractivity contribution in [3.63, 3.8) is 0 Å². The molecular formula is C22H25N5O5S. The van der Waals surface area contributed by atoms with E-state index in [1.165, 1.54) is 24.5 Å². The van der Waals surface area contributed by atoms with Crippen molar-refractivity contribution in [3.05, 3.63) is 59.0 Å². The van der Waals surface area contributed by atoms with E-state index in [1.54, 1.807) is 18.2 Å². The number of anilines is 2. The molecule has 33 heavy (non-hydrogen) atoms. The molecule has 0 saturated carbocycles. The average molecular weight is 472 g/mol. The Morgan fingerprint density at radius 3 is 2.58 bits per heavy atom. The van der Waals surface area contributed by atoms with E-state index in [0.717, 1.165) is 11.3 Å². The van der Waals surface area contributed by atoms with Crippen molar-refractivity contribution in [3.8, 4) is 5.75 Å². The van der Waals surface area contributed by atoms with Gasteiger partial charge in [0.05, 0.1) is 12.0 Å². The Labute approximate surface area is 194 Å². The summed E-state index contributed by atoms with van der Waals surface area (Å²) in [5, 5.41) is 12.9. The second-order valence-electron chi connectivity index (χ2n) is 7.72. The molecule has 1 unspecified atom stereocenters. The van der Waals surface area contributed by atoms with Gasteiger partial charge in [0, 0.05) is 18.3 Å². The van der Waals surface area contributed by atoms with Crippen LogP contribution in [0.4, 0.5) is 11.4 Å². The summed E-state index contributed by atoms with van der Waals surface area (Å²) >= 11 is 0.696. The maximum Gasteiger partial charge on any atom is 0.273 e. The molecule has 0 radical (unpaired) electrons. The molecular weight excluding hydrogens is 446 g/mol. The van der Waals surface area contributed by atoms with Crippen molar-refractivity contribution in [2.24, 2.45) is 11.7 Å². The fraction of sp³-hybridized carbons (Fsp3) is 0.273. The van der Waals surface area contributed by atoms with Gasteiger partial charge in [-0.2, -0.15) is 4.37 Å². The third kappa shape index (κ3) is 5.32. The lowest BCUT2D eigenvalue weighted by atomic mass is 10.1. The second-order valence-corrected chi connectivity index (χ2v) is 8.50. The van der Waals surface area contributed by atoms with Gasteiger partial charge < -0.3 is 26.3 Å². The molecule has 0 aliphatic rings. The van der Waals surface area contributed by atoms with Crippen LogP contribution in [0.25, 0.3) is 0 Å². The number of aromatic hydroxyl groups is 1. The third-order valence-corrected chi connectivity index (χ3v) is 5.67. The first-order valence-electron chi connectivity index (χ1n) is 10.2.